The molecule has 0 aliphatic heterocycles. The quantitative estimate of drug-likeness (QED) is 0.711. The molecule has 3 N–H and O–H groups in total. The molecular formula is C14H20N2O2S. The van der Waals surface area contributed by atoms with Gasteiger partial charge < -0.3 is 10.8 Å². The van der Waals surface area contributed by atoms with E-state index in [4.69, 9.17) is 23.1 Å². The van der Waals surface area contributed by atoms with Crippen LogP contribution in [0.4, 0.5) is 0 Å². The molecule has 0 bridgehead atoms. The van der Waals surface area contributed by atoms with Crippen LogP contribution in [0.15, 0.2) is 24.3 Å². The third-order valence-electron chi connectivity index (χ3n) is 2.77. The van der Waals surface area contributed by atoms with E-state index in [1.807, 2.05) is 24.3 Å². The van der Waals surface area contributed by atoms with E-state index in [0.29, 0.717) is 18.1 Å². The largest absolute Gasteiger partial charge is 0.481 e. The fourth-order valence-electron chi connectivity index (χ4n) is 2.04. The summed E-state index contributed by atoms with van der Waals surface area (Å²) in [5.41, 5.74) is 7.46. The van der Waals surface area contributed by atoms with E-state index in [1.165, 1.54) is 0 Å². The average molecular weight is 280 g/mol. The lowest BCUT2D eigenvalue weighted by Gasteiger charge is -2.22. The molecule has 104 valence electrons. The molecular weight excluding hydrogens is 260 g/mol. The van der Waals surface area contributed by atoms with Crippen molar-refractivity contribution in [2.24, 2.45) is 5.73 Å². The Morgan fingerprint density at radius 3 is 2.53 bits per heavy atom. The number of nitrogens with two attached hydrogens (primary N) is 1. The smallest absolute Gasteiger partial charge is 0.307 e. The molecule has 1 rings (SSSR count). The van der Waals surface area contributed by atoms with E-state index in [-0.39, 0.29) is 6.42 Å². The van der Waals surface area contributed by atoms with Crippen LogP contribution in [0.1, 0.15) is 24.5 Å². The lowest BCUT2D eigenvalue weighted by molar-refractivity contribution is -0.136. The summed E-state index contributed by atoms with van der Waals surface area (Å²) in [5.74, 6) is -0.816. The van der Waals surface area contributed by atoms with Gasteiger partial charge in [0.25, 0.3) is 0 Å². The Bertz CT molecular complexity index is 449. The van der Waals surface area contributed by atoms with Crippen LogP contribution in [-0.2, 0) is 17.8 Å². The van der Waals surface area contributed by atoms with Gasteiger partial charge in [0.2, 0.25) is 0 Å². The number of hydrogen-bond acceptors (Lipinski definition) is 3. The van der Waals surface area contributed by atoms with E-state index < -0.39 is 5.97 Å². The van der Waals surface area contributed by atoms with E-state index in [1.54, 1.807) is 0 Å². The van der Waals surface area contributed by atoms with Crippen LogP contribution in [0.2, 0.25) is 0 Å². The van der Waals surface area contributed by atoms with Crippen LogP contribution in [0.25, 0.3) is 0 Å². The maximum absolute atomic E-state index is 10.9. The van der Waals surface area contributed by atoms with Crippen LogP contribution >= 0.6 is 12.2 Å². The Hall–Kier alpha value is -1.46. The number of nitrogens with zero attached hydrogens (tertiary/aromatic N) is 1. The van der Waals surface area contributed by atoms with Crippen molar-refractivity contribution in [3.05, 3.63) is 35.4 Å². The van der Waals surface area contributed by atoms with E-state index in [9.17, 15) is 4.79 Å². The number of carboxylic acid groups (broad SMARTS) is 1. The van der Waals surface area contributed by atoms with Crippen molar-refractivity contribution in [3.8, 4) is 0 Å². The predicted octanol–water partition coefficient (Wildman–Crippen LogP) is 1.81. The monoisotopic (exact) mass is 280 g/mol. The topological polar surface area (TPSA) is 66.6 Å². The molecule has 1 aromatic carbocycles. The van der Waals surface area contributed by atoms with Crippen LogP contribution in [-0.4, -0.2) is 34.1 Å². The van der Waals surface area contributed by atoms with Gasteiger partial charge in [0.1, 0.15) is 0 Å². The molecule has 0 fully saturated rings. The molecule has 0 heterocycles. The number of carbonyl (C=O) groups is 1. The molecule has 1 aromatic rings. The van der Waals surface area contributed by atoms with Gasteiger partial charge >= 0.3 is 5.97 Å². The summed E-state index contributed by atoms with van der Waals surface area (Å²) in [6.07, 6.45) is 1.05. The SMILES string of the molecule is CCCN(CC(N)=S)Cc1ccccc1CC(=O)O. The molecule has 0 amide bonds. The van der Waals surface area contributed by atoms with Gasteiger partial charge in [-0.15, -0.1) is 0 Å². The van der Waals surface area contributed by atoms with Crippen LogP contribution < -0.4 is 5.73 Å². The molecule has 0 atom stereocenters. The van der Waals surface area contributed by atoms with E-state index >= 15 is 0 Å². The van der Waals surface area contributed by atoms with Gasteiger partial charge in [-0.2, -0.15) is 0 Å². The van der Waals surface area contributed by atoms with Crippen molar-refractivity contribution in [1.82, 2.24) is 4.90 Å². The number of thiocarbonyl (C=S) groups is 1. The van der Waals surface area contributed by atoms with Gasteiger partial charge in [-0.05, 0) is 24.1 Å². The Kier molecular flexibility index (Phi) is 6.45. The zero-order chi connectivity index (χ0) is 14.3. The first-order chi connectivity index (χ1) is 9.02. The molecule has 0 aliphatic carbocycles. The summed E-state index contributed by atoms with van der Waals surface area (Å²) in [6.45, 7) is 4.22. The highest BCUT2D eigenvalue weighted by molar-refractivity contribution is 7.80. The molecule has 0 aliphatic rings. The second-order valence-electron chi connectivity index (χ2n) is 4.52. The Morgan fingerprint density at radius 2 is 2.00 bits per heavy atom. The van der Waals surface area contributed by atoms with Gasteiger partial charge in [0.15, 0.2) is 0 Å². The first-order valence-electron chi connectivity index (χ1n) is 6.32. The van der Waals surface area contributed by atoms with Crippen LogP contribution in [0.5, 0.6) is 0 Å². The normalized spacial score (nSPS) is 10.6. The maximum atomic E-state index is 10.9. The fraction of sp³-hybridized carbons (Fsp3) is 0.429. The summed E-state index contributed by atoms with van der Waals surface area (Å²) in [7, 11) is 0. The lowest BCUT2D eigenvalue weighted by atomic mass is 10.0. The zero-order valence-corrected chi connectivity index (χ0v) is 11.9. The fourth-order valence-corrected chi connectivity index (χ4v) is 2.22. The summed E-state index contributed by atoms with van der Waals surface area (Å²) >= 11 is 4.95. The zero-order valence-electron chi connectivity index (χ0n) is 11.1. The van der Waals surface area contributed by atoms with E-state index in [0.717, 1.165) is 24.1 Å². The minimum atomic E-state index is -0.816. The number of benzene rings is 1. The molecule has 0 saturated heterocycles. The van der Waals surface area contributed by atoms with Gasteiger partial charge in [0.05, 0.1) is 11.4 Å². The summed E-state index contributed by atoms with van der Waals surface area (Å²) in [4.78, 5) is 13.5. The first-order valence-corrected chi connectivity index (χ1v) is 6.73. The molecule has 0 saturated carbocycles. The second kappa shape index (κ2) is 7.86. The molecule has 4 nitrogen and oxygen atoms in total. The molecule has 19 heavy (non-hydrogen) atoms. The standard InChI is InChI=1S/C14H20N2O2S/c1-2-7-16(10-13(15)19)9-12-6-4-3-5-11(12)8-14(17)18/h3-6H,2,7-10H2,1H3,(H2,15,19)(H,17,18). The highest BCUT2D eigenvalue weighted by Crippen LogP contribution is 2.13. The number of hydrogen-bond donors (Lipinski definition) is 2. The first kappa shape index (κ1) is 15.6. The number of rotatable bonds is 8. The van der Waals surface area contributed by atoms with Crippen molar-refractivity contribution in [2.75, 3.05) is 13.1 Å². The van der Waals surface area contributed by atoms with Gasteiger partial charge in [-0.3, -0.25) is 9.69 Å². The number of aliphatic carboxylic acids is 1. The van der Waals surface area contributed by atoms with Crippen molar-refractivity contribution in [3.63, 3.8) is 0 Å². The second-order valence-corrected chi connectivity index (χ2v) is 5.04. The van der Waals surface area contributed by atoms with Crippen molar-refractivity contribution >= 4 is 23.2 Å². The van der Waals surface area contributed by atoms with Crippen molar-refractivity contribution < 1.29 is 9.90 Å². The van der Waals surface area contributed by atoms with Crippen LogP contribution in [0.3, 0.4) is 0 Å². The Morgan fingerprint density at radius 1 is 1.37 bits per heavy atom. The minimum Gasteiger partial charge on any atom is -0.481 e. The van der Waals surface area contributed by atoms with Gasteiger partial charge in [-0.1, -0.05) is 43.4 Å². The molecule has 0 aromatic heterocycles. The van der Waals surface area contributed by atoms with Crippen molar-refractivity contribution in [2.45, 2.75) is 26.3 Å². The summed E-state index contributed by atoms with van der Waals surface area (Å²) in [6, 6.07) is 7.60. The number of carboxylic acids is 1. The third kappa shape index (κ3) is 5.81. The predicted molar refractivity (Wildman–Crippen MR) is 80.1 cm³/mol. The van der Waals surface area contributed by atoms with Gasteiger partial charge in [0, 0.05) is 13.1 Å². The van der Waals surface area contributed by atoms with Crippen LogP contribution in [0, 0.1) is 0 Å². The van der Waals surface area contributed by atoms with E-state index in [2.05, 4.69) is 11.8 Å². The average Bonchev–Trinajstić information content (AvgIpc) is 2.30. The maximum Gasteiger partial charge on any atom is 0.307 e. The summed E-state index contributed by atoms with van der Waals surface area (Å²) < 4.78 is 0. The van der Waals surface area contributed by atoms with Crippen molar-refractivity contribution in [1.29, 1.82) is 0 Å². The molecule has 0 spiro atoms. The lowest BCUT2D eigenvalue weighted by Crippen LogP contribution is -2.33. The molecule has 0 radical (unpaired) electrons. The molecule has 0 unspecified atom stereocenters. The Balaban J connectivity index is 2.82. The van der Waals surface area contributed by atoms with Gasteiger partial charge in [-0.25, -0.2) is 0 Å². The minimum absolute atomic E-state index is 0.0449. The third-order valence-corrected chi connectivity index (χ3v) is 2.90. The summed E-state index contributed by atoms with van der Waals surface area (Å²) in [5, 5.41) is 8.92. The Labute approximate surface area is 119 Å². The molecule has 5 heteroatoms. The highest BCUT2D eigenvalue weighted by Gasteiger charge is 2.11. The highest BCUT2D eigenvalue weighted by atomic mass is 32.1.